The molecule has 0 saturated carbocycles. The average Bonchev–Trinajstić information content (AvgIpc) is 2.86. The Morgan fingerprint density at radius 1 is 0.909 bits per heavy atom. The number of para-hydroxylation sites is 2. The molecule has 0 radical (unpaired) electrons. The lowest BCUT2D eigenvalue weighted by atomic mass is 9.80. The van der Waals surface area contributed by atoms with Crippen LogP contribution in [0, 0.1) is 0 Å². The first-order valence-electron chi connectivity index (χ1n) is 11.2. The summed E-state index contributed by atoms with van der Waals surface area (Å²) < 4.78 is 5.50. The van der Waals surface area contributed by atoms with Gasteiger partial charge >= 0.3 is 5.97 Å². The highest BCUT2D eigenvalue weighted by atomic mass is 16.5. The number of fused-ring (bicyclic) bond motifs is 2. The Kier molecular flexibility index (Phi) is 5.85. The summed E-state index contributed by atoms with van der Waals surface area (Å²) in [5.74, 6) is -0.541. The summed E-state index contributed by atoms with van der Waals surface area (Å²) in [7, 11) is 0. The molecule has 1 heterocycles. The molecule has 1 amide bonds. The predicted octanol–water partition coefficient (Wildman–Crippen LogP) is 5.30. The first kappa shape index (κ1) is 20.9. The maximum Gasteiger partial charge on any atom is 0.339 e. The maximum absolute atomic E-state index is 13.3. The van der Waals surface area contributed by atoms with E-state index >= 15 is 0 Å². The molecule has 5 heteroatoms. The number of amides is 1. The first-order valence-corrected chi connectivity index (χ1v) is 11.2. The van der Waals surface area contributed by atoms with Crippen LogP contribution in [-0.2, 0) is 22.4 Å². The zero-order chi connectivity index (χ0) is 22.6. The number of nitrogens with one attached hydrogen (secondary N) is 1. The van der Waals surface area contributed by atoms with Gasteiger partial charge in [0.15, 0.2) is 6.61 Å². The molecule has 1 aliphatic carbocycles. The van der Waals surface area contributed by atoms with Gasteiger partial charge in [0, 0.05) is 16.8 Å². The Labute approximate surface area is 192 Å². The van der Waals surface area contributed by atoms with Gasteiger partial charge in [-0.2, -0.15) is 0 Å². The van der Waals surface area contributed by atoms with Gasteiger partial charge in [0.2, 0.25) is 0 Å². The molecule has 1 N–H and O–H groups in total. The Morgan fingerprint density at radius 2 is 1.61 bits per heavy atom. The minimum atomic E-state index is -0.484. The summed E-state index contributed by atoms with van der Waals surface area (Å²) in [4.78, 5) is 30.5. The van der Waals surface area contributed by atoms with Crippen LogP contribution in [0.1, 0.15) is 39.5 Å². The van der Waals surface area contributed by atoms with E-state index in [0.29, 0.717) is 17.2 Å². The van der Waals surface area contributed by atoms with E-state index in [1.54, 1.807) is 12.1 Å². The number of ether oxygens (including phenoxy) is 1. The van der Waals surface area contributed by atoms with E-state index in [4.69, 9.17) is 9.72 Å². The number of esters is 1. The third kappa shape index (κ3) is 4.48. The van der Waals surface area contributed by atoms with E-state index in [0.717, 1.165) is 41.4 Å². The van der Waals surface area contributed by atoms with Crippen molar-refractivity contribution in [2.45, 2.75) is 25.2 Å². The minimum absolute atomic E-state index is 0.314. The van der Waals surface area contributed by atoms with Crippen LogP contribution in [0.2, 0.25) is 0 Å². The fourth-order valence-corrected chi connectivity index (χ4v) is 4.55. The summed E-state index contributed by atoms with van der Waals surface area (Å²) in [5.41, 5.74) is 5.11. The van der Waals surface area contributed by atoms with Crippen LogP contribution >= 0.6 is 0 Å². The molecule has 0 spiro atoms. The van der Waals surface area contributed by atoms with Gasteiger partial charge in [-0.05, 0) is 54.5 Å². The van der Waals surface area contributed by atoms with Gasteiger partial charge in [-0.25, -0.2) is 4.79 Å². The number of carbonyl (C=O) groups is 2. The van der Waals surface area contributed by atoms with E-state index in [9.17, 15) is 9.59 Å². The number of rotatable bonds is 5. The summed E-state index contributed by atoms with van der Waals surface area (Å²) in [5, 5.41) is 3.51. The zero-order valence-electron chi connectivity index (χ0n) is 18.2. The van der Waals surface area contributed by atoms with E-state index in [1.807, 2.05) is 60.7 Å². The van der Waals surface area contributed by atoms with Gasteiger partial charge in [0.05, 0.1) is 11.1 Å². The highest BCUT2D eigenvalue weighted by Crippen LogP contribution is 2.36. The van der Waals surface area contributed by atoms with Crippen molar-refractivity contribution in [3.63, 3.8) is 0 Å². The molecule has 1 aliphatic rings. The molecule has 3 aromatic carbocycles. The molecule has 1 atom stereocenters. The third-order valence-corrected chi connectivity index (χ3v) is 6.13. The van der Waals surface area contributed by atoms with Gasteiger partial charge in [0.25, 0.3) is 5.91 Å². The Morgan fingerprint density at radius 3 is 2.39 bits per heavy atom. The molecular weight excluding hydrogens is 412 g/mol. The summed E-state index contributed by atoms with van der Waals surface area (Å²) in [6.07, 6.45) is 2.50. The van der Waals surface area contributed by atoms with Crippen LogP contribution in [0.15, 0.2) is 84.9 Å². The highest BCUT2D eigenvalue weighted by Gasteiger charge is 2.28. The second-order valence-electron chi connectivity index (χ2n) is 8.27. The van der Waals surface area contributed by atoms with E-state index < -0.39 is 5.97 Å². The summed E-state index contributed by atoms with van der Waals surface area (Å²) in [6.45, 7) is -0.346. The van der Waals surface area contributed by atoms with Gasteiger partial charge in [0.1, 0.15) is 0 Å². The number of anilines is 1. The second kappa shape index (κ2) is 9.25. The minimum Gasteiger partial charge on any atom is -0.452 e. The van der Waals surface area contributed by atoms with Gasteiger partial charge in [-0.15, -0.1) is 0 Å². The van der Waals surface area contributed by atoms with Crippen molar-refractivity contribution in [3.05, 3.63) is 107 Å². The summed E-state index contributed by atoms with van der Waals surface area (Å²) in [6, 6.07) is 27.1. The zero-order valence-corrected chi connectivity index (χ0v) is 18.2. The van der Waals surface area contributed by atoms with Crippen LogP contribution in [-0.4, -0.2) is 23.5 Å². The Hall–Kier alpha value is -3.99. The average molecular weight is 437 g/mol. The number of nitrogens with zero attached hydrogens (tertiary/aromatic N) is 1. The fraction of sp³-hybridized carbons (Fsp3) is 0.179. The molecule has 33 heavy (non-hydrogen) atoms. The molecule has 5 rings (SSSR count). The van der Waals surface area contributed by atoms with Crippen molar-refractivity contribution >= 4 is 28.5 Å². The topological polar surface area (TPSA) is 68.3 Å². The first-order chi connectivity index (χ1) is 16.2. The molecular formula is C28H24N2O3. The number of aromatic nitrogens is 1. The van der Waals surface area contributed by atoms with Gasteiger partial charge in [-0.3, -0.25) is 9.78 Å². The quantitative estimate of drug-likeness (QED) is 0.431. The van der Waals surface area contributed by atoms with Crippen molar-refractivity contribution < 1.29 is 14.3 Å². The number of benzene rings is 3. The van der Waals surface area contributed by atoms with Crippen molar-refractivity contribution in [3.8, 4) is 0 Å². The molecule has 0 saturated heterocycles. The van der Waals surface area contributed by atoms with Gasteiger partial charge in [-0.1, -0.05) is 66.7 Å². The van der Waals surface area contributed by atoms with Crippen LogP contribution in [0.3, 0.4) is 0 Å². The maximum atomic E-state index is 13.3. The van der Waals surface area contributed by atoms with Crippen molar-refractivity contribution in [2.75, 3.05) is 11.9 Å². The van der Waals surface area contributed by atoms with Crippen LogP contribution in [0.25, 0.3) is 10.9 Å². The fourth-order valence-electron chi connectivity index (χ4n) is 4.55. The largest absolute Gasteiger partial charge is 0.452 e. The van der Waals surface area contributed by atoms with E-state index in [1.165, 1.54) is 5.56 Å². The number of hydrogen-bond acceptors (Lipinski definition) is 4. The lowest BCUT2D eigenvalue weighted by Gasteiger charge is -2.26. The molecule has 4 aromatic rings. The normalized spacial score (nSPS) is 15.0. The van der Waals surface area contributed by atoms with E-state index in [-0.39, 0.29) is 12.5 Å². The molecule has 5 nitrogen and oxygen atoms in total. The molecule has 1 aromatic heterocycles. The second-order valence-corrected chi connectivity index (χ2v) is 8.27. The molecule has 0 fully saturated rings. The van der Waals surface area contributed by atoms with Crippen molar-refractivity contribution in [2.24, 2.45) is 0 Å². The molecule has 0 aliphatic heterocycles. The number of aryl methyl sites for hydroxylation is 1. The standard InChI is InChI=1S/C28H24N2O3/c31-26(29-21-11-5-2-6-12-21)18-33-28(32)27-22-13-7-8-14-24(22)30-25-16-15-20(17-23(25)27)19-9-3-1-4-10-19/h1-14,20H,15-18H2,(H,29,31). The van der Waals surface area contributed by atoms with Crippen LogP contribution in [0.5, 0.6) is 0 Å². The summed E-state index contributed by atoms with van der Waals surface area (Å²) >= 11 is 0. The predicted molar refractivity (Wildman–Crippen MR) is 128 cm³/mol. The smallest absolute Gasteiger partial charge is 0.339 e. The van der Waals surface area contributed by atoms with Crippen LogP contribution < -0.4 is 5.32 Å². The molecule has 1 unspecified atom stereocenters. The van der Waals surface area contributed by atoms with Crippen molar-refractivity contribution in [1.82, 2.24) is 4.98 Å². The third-order valence-electron chi connectivity index (χ3n) is 6.13. The highest BCUT2D eigenvalue weighted by molar-refractivity contribution is 6.06. The Bertz CT molecular complexity index is 1300. The molecule has 164 valence electrons. The lowest BCUT2D eigenvalue weighted by Crippen LogP contribution is -2.23. The lowest BCUT2D eigenvalue weighted by molar-refractivity contribution is -0.119. The Balaban J connectivity index is 1.43. The molecule has 0 bridgehead atoms. The number of hydrogen-bond donors (Lipinski definition) is 1. The SMILES string of the molecule is O=C(COC(=O)c1c2c(nc3ccccc13)CCC(c1ccccc1)C2)Nc1ccccc1. The van der Waals surface area contributed by atoms with Crippen molar-refractivity contribution in [1.29, 1.82) is 0 Å². The number of pyridine rings is 1. The van der Waals surface area contributed by atoms with Gasteiger partial charge < -0.3 is 10.1 Å². The van der Waals surface area contributed by atoms with E-state index in [2.05, 4.69) is 17.4 Å². The number of carbonyl (C=O) groups excluding carboxylic acids is 2. The van der Waals surface area contributed by atoms with Crippen LogP contribution in [0.4, 0.5) is 5.69 Å². The monoisotopic (exact) mass is 436 g/mol.